The Morgan fingerprint density at radius 1 is 1.03 bits per heavy atom. The van der Waals surface area contributed by atoms with Gasteiger partial charge < -0.3 is 9.80 Å². The van der Waals surface area contributed by atoms with Crippen molar-refractivity contribution in [3.05, 3.63) is 81.5 Å². The van der Waals surface area contributed by atoms with Crippen LogP contribution in [0.1, 0.15) is 16.7 Å². The number of hydrogen-bond acceptors (Lipinski definition) is 8. The van der Waals surface area contributed by atoms with Gasteiger partial charge in [0.05, 0.1) is 27.1 Å². The Kier molecular flexibility index (Phi) is 6.57. The lowest BCUT2D eigenvalue weighted by Gasteiger charge is -2.36. The van der Waals surface area contributed by atoms with E-state index in [-0.39, 0.29) is 10.6 Å². The van der Waals surface area contributed by atoms with E-state index < -0.39 is 14.9 Å². The maximum Gasteiger partial charge on any atom is 0.293 e. The first-order valence-corrected chi connectivity index (χ1v) is 12.4. The van der Waals surface area contributed by atoms with E-state index in [9.17, 15) is 18.5 Å². The van der Waals surface area contributed by atoms with Crippen LogP contribution in [0.25, 0.3) is 0 Å². The van der Waals surface area contributed by atoms with Crippen LogP contribution >= 0.6 is 0 Å². The van der Waals surface area contributed by atoms with E-state index in [0.29, 0.717) is 48.9 Å². The third kappa shape index (κ3) is 5.17. The van der Waals surface area contributed by atoms with E-state index in [4.69, 9.17) is 5.26 Å². The number of benzene rings is 2. The second-order valence-corrected chi connectivity index (χ2v) is 10.0. The molecule has 0 bridgehead atoms. The molecule has 1 fully saturated rings. The van der Waals surface area contributed by atoms with Crippen LogP contribution in [0, 0.1) is 35.3 Å². The van der Waals surface area contributed by atoms with E-state index in [1.165, 1.54) is 12.1 Å². The van der Waals surface area contributed by atoms with Gasteiger partial charge in [-0.05, 0) is 49.7 Å². The van der Waals surface area contributed by atoms with Crippen LogP contribution in [0.4, 0.5) is 22.9 Å². The van der Waals surface area contributed by atoms with Crippen LogP contribution in [0.3, 0.4) is 0 Å². The number of aryl methyl sites for hydroxylation is 2. The summed E-state index contributed by atoms with van der Waals surface area (Å²) in [4.78, 5) is 19.3. The van der Waals surface area contributed by atoms with Crippen molar-refractivity contribution in [1.82, 2.24) is 4.98 Å². The van der Waals surface area contributed by atoms with Crippen molar-refractivity contribution in [2.45, 2.75) is 18.7 Å². The molecule has 1 N–H and O–H groups in total. The van der Waals surface area contributed by atoms with Crippen LogP contribution in [0.2, 0.25) is 0 Å². The molecule has 0 amide bonds. The van der Waals surface area contributed by atoms with Gasteiger partial charge in [-0.2, -0.15) is 5.26 Å². The normalized spacial score (nSPS) is 13.9. The van der Waals surface area contributed by atoms with Crippen molar-refractivity contribution in [2.75, 3.05) is 40.7 Å². The number of piperazine rings is 1. The lowest BCUT2D eigenvalue weighted by Crippen LogP contribution is -2.47. The van der Waals surface area contributed by atoms with Crippen molar-refractivity contribution < 1.29 is 13.3 Å². The zero-order valence-corrected chi connectivity index (χ0v) is 20.1. The highest BCUT2D eigenvalue weighted by molar-refractivity contribution is 7.92. The molecular weight excluding hydrogens is 468 g/mol. The van der Waals surface area contributed by atoms with Crippen LogP contribution in [0.5, 0.6) is 0 Å². The van der Waals surface area contributed by atoms with Gasteiger partial charge in [-0.3, -0.25) is 14.8 Å². The maximum absolute atomic E-state index is 13.0. The van der Waals surface area contributed by atoms with Gasteiger partial charge >= 0.3 is 0 Å². The number of aromatic nitrogens is 1. The summed E-state index contributed by atoms with van der Waals surface area (Å²) in [6.07, 6.45) is 1.58. The van der Waals surface area contributed by atoms with Crippen LogP contribution < -0.4 is 14.5 Å². The number of nitro benzene ring substituents is 1. The van der Waals surface area contributed by atoms with Crippen molar-refractivity contribution in [2.24, 2.45) is 0 Å². The molecule has 1 saturated heterocycles. The highest BCUT2D eigenvalue weighted by Crippen LogP contribution is 2.33. The highest BCUT2D eigenvalue weighted by atomic mass is 32.2. The Hall–Kier alpha value is -4.17. The third-order valence-corrected chi connectivity index (χ3v) is 7.26. The molecule has 2 heterocycles. The van der Waals surface area contributed by atoms with Gasteiger partial charge in [0.2, 0.25) is 0 Å². The molecule has 0 saturated carbocycles. The molecule has 1 aromatic heterocycles. The molecule has 0 spiro atoms. The minimum absolute atomic E-state index is 0.177. The first-order valence-electron chi connectivity index (χ1n) is 10.9. The number of pyridine rings is 1. The number of nitrogens with one attached hydrogen (secondary N) is 1. The van der Waals surface area contributed by atoms with E-state index in [0.717, 1.165) is 17.2 Å². The van der Waals surface area contributed by atoms with Crippen molar-refractivity contribution in [3.63, 3.8) is 0 Å². The summed E-state index contributed by atoms with van der Waals surface area (Å²) in [7, 11) is -4.02. The fourth-order valence-corrected chi connectivity index (χ4v) is 5.20. The van der Waals surface area contributed by atoms with Gasteiger partial charge in [0.1, 0.15) is 11.5 Å². The summed E-state index contributed by atoms with van der Waals surface area (Å²) in [6.45, 7) is 5.76. The molecule has 0 radical (unpaired) electrons. The average Bonchev–Trinajstić information content (AvgIpc) is 2.85. The van der Waals surface area contributed by atoms with Gasteiger partial charge in [-0.25, -0.2) is 13.4 Å². The fraction of sp³-hybridized carbons (Fsp3) is 0.250. The molecule has 1 aliphatic rings. The second kappa shape index (κ2) is 9.60. The Morgan fingerprint density at radius 3 is 2.40 bits per heavy atom. The molecule has 10 nitrogen and oxygen atoms in total. The van der Waals surface area contributed by atoms with Gasteiger partial charge in [0.15, 0.2) is 0 Å². The highest BCUT2D eigenvalue weighted by Gasteiger charge is 2.27. The largest absolute Gasteiger partial charge is 0.362 e. The summed E-state index contributed by atoms with van der Waals surface area (Å²) in [5.74, 6) is 0.678. The lowest BCUT2D eigenvalue weighted by atomic mass is 10.1. The summed E-state index contributed by atoms with van der Waals surface area (Å²) in [6, 6.07) is 14.7. The van der Waals surface area contributed by atoms with Gasteiger partial charge in [-0.15, -0.1) is 0 Å². The lowest BCUT2D eigenvalue weighted by molar-refractivity contribution is -0.384. The molecule has 2 aromatic carbocycles. The Labute approximate surface area is 203 Å². The third-order valence-electron chi connectivity index (χ3n) is 5.90. The summed E-state index contributed by atoms with van der Waals surface area (Å²) in [5.41, 5.74) is 2.78. The first kappa shape index (κ1) is 24.0. The standard InChI is InChI=1S/C24H24N6O4S/c1-17-3-5-21(18(2)13-17)27-35(33,34)20-4-6-22(23(15-20)30(31)32)28-9-11-29(12-10-28)24-14-19(16-25)7-8-26-24/h3-8,13-15,27H,9-12H2,1-2H3. The van der Waals surface area contributed by atoms with Crippen LogP contribution in [-0.4, -0.2) is 44.5 Å². The zero-order chi connectivity index (χ0) is 25.2. The number of rotatable bonds is 6. The van der Waals surface area contributed by atoms with Gasteiger partial charge in [-0.1, -0.05) is 17.7 Å². The second-order valence-electron chi connectivity index (χ2n) is 8.32. The average molecular weight is 493 g/mol. The van der Waals surface area contributed by atoms with E-state index in [2.05, 4.69) is 15.8 Å². The van der Waals surface area contributed by atoms with Crippen molar-refractivity contribution >= 4 is 32.9 Å². The maximum atomic E-state index is 13.0. The summed E-state index contributed by atoms with van der Waals surface area (Å²) >= 11 is 0. The first-order chi connectivity index (χ1) is 16.7. The number of hydrogen-bond donors (Lipinski definition) is 1. The van der Waals surface area contributed by atoms with Crippen molar-refractivity contribution in [3.8, 4) is 6.07 Å². The van der Waals surface area contributed by atoms with Crippen LogP contribution in [-0.2, 0) is 10.0 Å². The number of nitro groups is 1. The Morgan fingerprint density at radius 2 is 1.74 bits per heavy atom. The van der Waals surface area contributed by atoms with E-state index in [1.807, 2.05) is 22.8 Å². The van der Waals surface area contributed by atoms with E-state index >= 15 is 0 Å². The predicted octanol–water partition coefficient (Wildman–Crippen LogP) is 3.61. The molecule has 0 unspecified atom stereocenters. The molecule has 11 heteroatoms. The van der Waals surface area contributed by atoms with Crippen molar-refractivity contribution in [1.29, 1.82) is 5.26 Å². The Balaban J connectivity index is 1.55. The van der Waals surface area contributed by atoms with Gasteiger partial charge in [0, 0.05) is 38.4 Å². The smallest absolute Gasteiger partial charge is 0.293 e. The monoisotopic (exact) mass is 492 g/mol. The Bertz CT molecular complexity index is 1430. The molecular formula is C24H24N6O4S. The molecule has 3 aromatic rings. The SMILES string of the molecule is Cc1ccc(NS(=O)(=O)c2ccc(N3CCN(c4cc(C#N)ccn4)CC3)c([N+](=O)[O-])c2)c(C)c1. The fourth-order valence-electron chi connectivity index (χ4n) is 4.05. The molecule has 1 aliphatic heterocycles. The predicted molar refractivity (Wildman–Crippen MR) is 133 cm³/mol. The molecule has 180 valence electrons. The molecule has 0 atom stereocenters. The van der Waals surface area contributed by atoms with E-state index in [1.54, 1.807) is 37.4 Å². The summed E-state index contributed by atoms with van der Waals surface area (Å²) < 4.78 is 28.5. The minimum atomic E-state index is -4.02. The number of nitrogens with zero attached hydrogens (tertiary/aromatic N) is 5. The van der Waals surface area contributed by atoms with Crippen LogP contribution in [0.15, 0.2) is 59.6 Å². The topological polar surface area (TPSA) is 132 Å². The number of anilines is 3. The molecule has 35 heavy (non-hydrogen) atoms. The zero-order valence-electron chi connectivity index (χ0n) is 19.3. The minimum Gasteiger partial charge on any atom is -0.362 e. The number of sulfonamides is 1. The molecule has 0 aliphatic carbocycles. The summed E-state index contributed by atoms with van der Waals surface area (Å²) in [5, 5.41) is 21.0. The van der Waals surface area contributed by atoms with Gasteiger partial charge in [0.25, 0.3) is 15.7 Å². The molecule has 4 rings (SSSR count). The quantitative estimate of drug-likeness (QED) is 0.408. The number of nitriles is 1.